The lowest BCUT2D eigenvalue weighted by molar-refractivity contribution is 1.60. The van der Waals surface area contributed by atoms with E-state index in [4.69, 9.17) is 34.7 Å². The van der Waals surface area contributed by atoms with Gasteiger partial charge in [0.05, 0.1) is 15.7 Å². The Kier molecular flexibility index (Phi) is 4.27. The van der Waals surface area contributed by atoms with Gasteiger partial charge in [0.25, 0.3) is 0 Å². The zero-order valence-corrected chi connectivity index (χ0v) is 9.89. The first kappa shape index (κ1) is 13.7. The fourth-order valence-electron chi connectivity index (χ4n) is 1.45. The molecule has 0 aliphatic rings. The normalized spacial score (nSPS) is 9.76. The number of nitrogens with two attached hydrogens (primary N) is 2. The van der Waals surface area contributed by atoms with E-state index in [1.165, 1.54) is 0 Å². The van der Waals surface area contributed by atoms with Crippen LogP contribution in [0.3, 0.4) is 0 Å². The third-order valence-corrected chi connectivity index (χ3v) is 3.23. The van der Waals surface area contributed by atoms with Crippen LogP contribution in [0, 0.1) is 0 Å². The molecule has 0 aliphatic heterocycles. The molecule has 4 N–H and O–H groups in total. The van der Waals surface area contributed by atoms with Crippen LogP contribution in [0.5, 0.6) is 0 Å². The van der Waals surface area contributed by atoms with Crippen molar-refractivity contribution in [2.75, 3.05) is 11.5 Å². The fourth-order valence-corrected chi connectivity index (χ4v) is 1.90. The van der Waals surface area contributed by atoms with E-state index in [0.717, 1.165) is 11.1 Å². The van der Waals surface area contributed by atoms with Crippen molar-refractivity contribution in [1.29, 1.82) is 0 Å². The van der Waals surface area contributed by atoms with Gasteiger partial charge in [-0.05, 0) is 23.8 Å². The molecule has 0 aliphatic carbocycles. The standard InChI is InChI=1S/C12H10Cl2N2.CH4/c13-11-9(5-6-10(16)12(11)14)7-1-3-8(15)4-2-7;/h1-6H,15-16H2;1H4. The maximum absolute atomic E-state index is 6.13. The molecule has 0 amide bonds. The Labute approximate surface area is 111 Å². The number of anilines is 2. The summed E-state index contributed by atoms with van der Waals surface area (Å²) < 4.78 is 0. The summed E-state index contributed by atoms with van der Waals surface area (Å²) in [4.78, 5) is 0. The number of halogens is 2. The second-order valence-electron chi connectivity index (χ2n) is 3.45. The molecule has 0 atom stereocenters. The largest absolute Gasteiger partial charge is 0.399 e. The lowest BCUT2D eigenvalue weighted by Crippen LogP contribution is -1.89. The van der Waals surface area contributed by atoms with Crippen LogP contribution in [-0.4, -0.2) is 0 Å². The average molecular weight is 269 g/mol. The van der Waals surface area contributed by atoms with Crippen LogP contribution in [0.25, 0.3) is 11.1 Å². The molecule has 2 aromatic carbocycles. The third-order valence-electron chi connectivity index (χ3n) is 2.33. The molecule has 0 saturated carbocycles. The molecule has 0 saturated heterocycles. The molecule has 0 spiro atoms. The summed E-state index contributed by atoms with van der Waals surface area (Å²) in [6.45, 7) is 0. The molecule has 0 fully saturated rings. The molecule has 17 heavy (non-hydrogen) atoms. The van der Waals surface area contributed by atoms with Crippen LogP contribution in [0.15, 0.2) is 36.4 Å². The maximum Gasteiger partial charge on any atom is 0.0827 e. The van der Waals surface area contributed by atoms with Crippen molar-refractivity contribution in [3.63, 3.8) is 0 Å². The number of rotatable bonds is 1. The van der Waals surface area contributed by atoms with Crippen molar-refractivity contribution in [3.05, 3.63) is 46.4 Å². The van der Waals surface area contributed by atoms with Crippen molar-refractivity contribution in [3.8, 4) is 11.1 Å². The Bertz CT molecular complexity index is 522. The number of hydrogen-bond acceptors (Lipinski definition) is 2. The van der Waals surface area contributed by atoms with E-state index < -0.39 is 0 Å². The van der Waals surface area contributed by atoms with Gasteiger partial charge >= 0.3 is 0 Å². The second kappa shape index (κ2) is 5.30. The minimum atomic E-state index is 0. The number of nitrogen functional groups attached to an aromatic ring is 2. The Morgan fingerprint density at radius 1 is 0.765 bits per heavy atom. The summed E-state index contributed by atoms with van der Waals surface area (Å²) in [6, 6.07) is 11.0. The highest BCUT2D eigenvalue weighted by Crippen LogP contribution is 2.37. The van der Waals surface area contributed by atoms with Crippen LogP contribution in [-0.2, 0) is 0 Å². The van der Waals surface area contributed by atoms with Crippen molar-refractivity contribution in [2.45, 2.75) is 7.43 Å². The van der Waals surface area contributed by atoms with Crippen molar-refractivity contribution in [2.24, 2.45) is 0 Å². The van der Waals surface area contributed by atoms with Gasteiger partial charge in [-0.3, -0.25) is 0 Å². The van der Waals surface area contributed by atoms with Crippen LogP contribution in [0.1, 0.15) is 7.43 Å². The monoisotopic (exact) mass is 268 g/mol. The van der Waals surface area contributed by atoms with E-state index in [0.29, 0.717) is 21.4 Å². The molecule has 0 heterocycles. The summed E-state index contributed by atoms with van der Waals surface area (Å²) in [7, 11) is 0. The molecule has 2 rings (SSSR count). The Morgan fingerprint density at radius 2 is 1.35 bits per heavy atom. The molecule has 2 aromatic rings. The highest BCUT2D eigenvalue weighted by Gasteiger charge is 2.09. The topological polar surface area (TPSA) is 52.0 Å². The quantitative estimate of drug-likeness (QED) is 0.751. The summed E-state index contributed by atoms with van der Waals surface area (Å²) in [5.41, 5.74) is 14.3. The van der Waals surface area contributed by atoms with Gasteiger partial charge < -0.3 is 11.5 Å². The molecule has 2 nitrogen and oxygen atoms in total. The first-order chi connectivity index (χ1) is 7.59. The lowest BCUT2D eigenvalue weighted by atomic mass is 10.0. The van der Waals surface area contributed by atoms with Gasteiger partial charge in [-0.15, -0.1) is 0 Å². The van der Waals surface area contributed by atoms with E-state index in [9.17, 15) is 0 Å². The van der Waals surface area contributed by atoms with E-state index >= 15 is 0 Å². The molecule has 0 radical (unpaired) electrons. The summed E-state index contributed by atoms with van der Waals surface area (Å²) >= 11 is 12.1. The van der Waals surface area contributed by atoms with Crippen LogP contribution >= 0.6 is 23.2 Å². The average Bonchev–Trinajstić information content (AvgIpc) is 2.28. The maximum atomic E-state index is 6.13. The molecule has 4 heteroatoms. The van der Waals surface area contributed by atoms with Crippen LogP contribution in [0.2, 0.25) is 10.0 Å². The van der Waals surface area contributed by atoms with Crippen LogP contribution in [0.4, 0.5) is 11.4 Å². The summed E-state index contributed by atoms with van der Waals surface area (Å²) in [5, 5.41) is 0.849. The van der Waals surface area contributed by atoms with Gasteiger partial charge in [0, 0.05) is 11.3 Å². The van der Waals surface area contributed by atoms with Gasteiger partial charge in [0.2, 0.25) is 0 Å². The van der Waals surface area contributed by atoms with Crippen molar-refractivity contribution < 1.29 is 0 Å². The molecular formula is C13H14Cl2N2. The highest BCUT2D eigenvalue weighted by atomic mass is 35.5. The van der Waals surface area contributed by atoms with Crippen molar-refractivity contribution in [1.82, 2.24) is 0 Å². The first-order valence-electron chi connectivity index (χ1n) is 4.69. The summed E-state index contributed by atoms with van der Waals surface area (Å²) in [5.74, 6) is 0. The number of hydrogen-bond donors (Lipinski definition) is 2. The zero-order chi connectivity index (χ0) is 11.7. The Morgan fingerprint density at radius 3 is 1.94 bits per heavy atom. The zero-order valence-electron chi connectivity index (χ0n) is 8.37. The number of benzene rings is 2. The van der Waals surface area contributed by atoms with Gasteiger partial charge in [0.15, 0.2) is 0 Å². The third kappa shape index (κ3) is 2.65. The van der Waals surface area contributed by atoms with E-state index in [2.05, 4.69) is 0 Å². The Balaban J connectivity index is 0.00000144. The first-order valence-corrected chi connectivity index (χ1v) is 5.44. The van der Waals surface area contributed by atoms with E-state index in [-0.39, 0.29) is 7.43 Å². The minimum Gasteiger partial charge on any atom is -0.399 e. The Hall–Kier alpha value is -1.38. The van der Waals surface area contributed by atoms with Gasteiger partial charge in [-0.1, -0.05) is 48.8 Å². The molecule has 0 unspecified atom stereocenters. The molecular weight excluding hydrogens is 255 g/mol. The predicted octanol–water partition coefficient (Wildman–Crippen LogP) is 4.46. The van der Waals surface area contributed by atoms with E-state index in [1.54, 1.807) is 6.07 Å². The van der Waals surface area contributed by atoms with Gasteiger partial charge in [-0.2, -0.15) is 0 Å². The smallest absolute Gasteiger partial charge is 0.0827 e. The van der Waals surface area contributed by atoms with Crippen molar-refractivity contribution >= 4 is 34.6 Å². The lowest BCUT2D eigenvalue weighted by Gasteiger charge is -2.08. The van der Waals surface area contributed by atoms with Gasteiger partial charge in [-0.25, -0.2) is 0 Å². The molecule has 90 valence electrons. The molecule has 0 bridgehead atoms. The fraction of sp³-hybridized carbons (Fsp3) is 0.0769. The van der Waals surface area contributed by atoms with E-state index in [1.807, 2.05) is 30.3 Å². The molecule has 0 aromatic heterocycles. The minimum absolute atomic E-state index is 0. The highest BCUT2D eigenvalue weighted by molar-refractivity contribution is 6.45. The van der Waals surface area contributed by atoms with Gasteiger partial charge in [0.1, 0.15) is 0 Å². The SMILES string of the molecule is C.Nc1ccc(-c2ccc(N)c(Cl)c2Cl)cc1. The summed E-state index contributed by atoms with van der Waals surface area (Å²) in [6.07, 6.45) is 0. The predicted molar refractivity (Wildman–Crippen MR) is 77.5 cm³/mol. The van der Waals surface area contributed by atoms with Crippen LogP contribution < -0.4 is 11.5 Å². The second-order valence-corrected chi connectivity index (χ2v) is 4.21.